The monoisotopic (exact) mass is 344 g/mol. The van der Waals surface area contributed by atoms with Crippen LogP contribution in [0, 0.1) is 0 Å². The molecule has 0 aliphatic carbocycles. The average molecular weight is 345 g/mol. The van der Waals surface area contributed by atoms with Gasteiger partial charge in [0.1, 0.15) is 23.9 Å². The number of hydrogen-bond acceptors (Lipinski definition) is 3. The van der Waals surface area contributed by atoms with E-state index in [4.69, 9.17) is 13.9 Å². The van der Waals surface area contributed by atoms with E-state index in [9.17, 15) is 0 Å². The Morgan fingerprint density at radius 1 is 0.875 bits per heavy atom. The zero-order valence-electron chi connectivity index (χ0n) is 15.6. The summed E-state index contributed by atoms with van der Waals surface area (Å²) < 4.78 is 17.4. The van der Waals surface area contributed by atoms with Gasteiger partial charge in [0.15, 0.2) is 0 Å². The van der Waals surface area contributed by atoms with Crippen LogP contribution in [-0.4, -0.2) is 15.4 Å². The van der Waals surface area contributed by atoms with Crippen LogP contribution >= 0.6 is 0 Å². The number of methoxy groups -OCH3 is 1. The molecule has 2 aromatic rings. The Morgan fingerprint density at radius 3 is 2.08 bits per heavy atom. The zero-order chi connectivity index (χ0) is 17.8. The second-order valence-electron chi connectivity index (χ2n) is 7.47. The first-order valence-electron chi connectivity index (χ1n) is 8.26. The van der Waals surface area contributed by atoms with E-state index in [1.807, 2.05) is 48.5 Å². The number of benzene rings is 2. The lowest BCUT2D eigenvalue weighted by Gasteiger charge is -2.36. The van der Waals surface area contributed by atoms with Crippen LogP contribution in [0.4, 0.5) is 0 Å². The van der Waals surface area contributed by atoms with Gasteiger partial charge >= 0.3 is 0 Å². The Hall–Kier alpha value is -1.94. The highest BCUT2D eigenvalue weighted by atomic mass is 28.4. The fourth-order valence-corrected chi connectivity index (χ4v) is 2.99. The summed E-state index contributed by atoms with van der Waals surface area (Å²) in [4.78, 5) is 0. The first kappa shape index (κ1) is 18.4. The van der Waals surface area contributed by atoms with Gasteiger partial charge in [0.2, 0.25) is 8.32 Å². The van der Waals surface area contributed by atoms with E-state index in [1.54, 1.807) is 7.11 Å². The van der Waals surface area contributed by atoms with E-state index in [2.05, 4.69) is 33.9 Å². The Morgan fingerprint density at radius 2 is 1.50 bits per heavy atom. The molecule has 0 aliphatic heterocycles. The third-order valence-corrected chi connectivity index (χ3v) is 8.91. The van der Waals surface area contributed by atoms with E-state index < -0.39 is 8.32 Å². The van der Waals surface area contributed by atoms with E-state index in [0.717, 1.165) is 22.8 Å². The van der Waals surface area contributed by atoms with Crippen LogP contribution < -0.4 is 13.9 Å². The molecule has 0 bridgehead atoms. The van der Waals surface area contributed by atoms with Gasteiger partial charge in [-0.3, -0.25) is 0 Å². The molecular weight excluding hydrogens is 316 g/mol. The lowest BCUT2D eigenvalue weighted by atomic mass is 10.2. The van der Waals surface area contributed by atoms with Crippen molar-refractivity contribution in [1.29, 1.82) is 0 Å². The van der Waals surface area contributed by atoms with Gasteiger partial charge in [-0.1, -0.05) is 39.0 Å². The van der Waals surface area contributed by atoms with Crippen molar-refractivity contribution in [2.45, 2.75) is 45.5 Å². The van der Waals surface area contributed by atoms with Crippen molar-refractivity contribution in [3.05, 3.63) is 54.1 Å². The molecular formula is C20H28O3Si. The summed E-state index contributed by atoms with van der Waals surface area (Å²) in [6.07, 6.45) is 0. The second-order valence-corrected chi connectivity index (χ2v) is 12.2. The molecule has 0 aromatic heterocycles. The van der Waals surface area contributed by atoms with E-state index in [-0.39, 0.29) is 5.04 Å². The maximum atomic E-state index is 6.33. The topological polar surface area (TPSA) is 27.7 Å². The molecule has 0 amide bonds. The first-order chi connectivity index (χ1) is 11.2. The molecule has 3 nitrogen and oxygen atoms in total. The predicted octanol–water partition coefficient (Wildman–Crippen LogP) is 5.66. The maximum absolute atomic E-state index is 6.33. The number of hydrogen-bond donors (Lipinski definition) is 0. The Balaban J connectivity index is 2.02. The molecule has 0 radical (unpaired) electrons. The molecule has 0 saturated heterocycles. The maximum Gasteiger partial charge on any atom is 0.250 e. The lowest BCUT2D eigenvalue weighted by Crippen LogP contribution is -2.43. The van der Waals surface area contributed by atoms with Gasteiger partial charge in [-0.25, -0.2) is 0 Å². The number of ether oxygens (including phenoxy) is 2. The van der Waals surface area contributed by atoms with E-state index in [1.165, 1.54) is 0 Å². The number of rotatable bonds is 6. The molecule has 0 spiro atoms. The summed E-state index contributed by atoms with van der Waals surface area (Å²) in [5.41, 5.74) is 1.10. The molecule has 24 heavy (non-hydrogen) atoms. The molecule has 0 atom stereocenters. The second kappa shape index (κ2) is 7.30. The summed E-state index contributed by atoms with van der Waals surface area (Å²) in [6.45, 7) is 11.7. The van der Waals surface area contributed by atoms with Crippen LogP contribution in [0.25, 0.3) is 0 Å². The minimum absolute atomic E-state index is 0.174. The molecule has 2 aromatic carbocycles. The van der Waals surface area contributed by atoms with Gasteiger partial charge in [0.25, 0.3) is 0 Å². The van der Waals surface area contributed by atoms with Crippen molar-refractivity contribution in [2.24, 2.45) is 0 Å². The third kappa shape index (κ3) is 4.77. The Labute approximate surface area is 146 Å². The molecule has 0 N–H and O–H groups in total. The molecule has 130 valence electrons. The smallest absolute Gasteiger partial charge is 0.250 e. The predicted molar refractivity (Wildman–Crippen MR) is 102 cm³/mol. The average Bonchev–Trinajstić information content (AvgIpc) is 2.52. The summed E-state index contributed by atoms with van der Waals surface area (Å²) in [5, 5.41) is 0.174. The van der Waals surface area contributed by atoms with Gasteiger partial charge in [-0.05, 0) is 48.0 Å². The van der Waals surface area contributed by atoms with Crippen molar-refractivity contribution in [3.8, 4) is 17.2 Å². The highest BCUT2D eigenvalue weighted by Crippen LogP contribution is 2.37. The van der Waals surface area contributed by atoms with Crippen LogP contribution in [0.5, 0.6) is 17.2 Å². The van der Waals surface area contributed by atoms with Crippen LogP contribution in [0.1, 0.15) is 26.3 Å². The zero-order valence-corrected chi connectivity index (χ0v) is 16.6. The fraction of sp³-hybridized carbons (Fsp3) is 0.400. The minimum Gasteiger partial charge on any atom is -0.543 e. The first-order valence-corrected chi connectivity index (χ1v) is 11.2. The van der Waals surface area contributed by atoms with Crippen LogP contribution in [-0.2, 0) is 6.61 Å². The van der Waals surface area contributed by atoms with Crippen molar-refractivity contribution < 1.29 is 13.9 Å². The molecule has 0 unspecified atom stereocenters. The normalized spacial score (nSPS) is 11.9. The van der Waals surface area contributed by atoms with Crippen molar-refractivity contribution >= 4 is 8.32 Å². The van der Waals surface area contributed by atoms with E-state index >= 15 is 0 Å². The van der Waals surface area contributed by atoms with Crippen LogP contribution in [0.3, 0.4) is 0 Å². The van der Waals surface area contributed by atoms with Crippen molar-refractivity contribution in [2.75, 3.05) is 7.11 Å². The van der Waals surface area contributed by atoms with Gasteiger partial charge in [0.05, 0.1) is 7.11 Å². The molecule has 0 aliphatic rings. The highest BCUT2D eigenvalue weighted by Gasteiger charge is 2.38. The van der Waals surface area contributed by atoms with Gasteiger partial charge in [-0.2, -0.15) is 0 Å². The quantitative estimate of drug-likeness (QED) is 0.633. The molecule has 2 rings (SSSR count). The standard InChI is InChI=1S/C20H28O3Si/c1-20(2,3)24(5,6)23-19-9-7-8-18(14-19)22-15-16-10-12-17(21-4)13-11-16/h7-14H,15H2,1-6H3. The SMILES string of the molecule is COc1ccc(COc2cccc(O[Si](C)(C)C(C)(C)C)c2)cc1. The minimum atomic E-state index is -1.84. The Bertz CT molecular complexity index is 657. The fourth-order valence-electron chi connectivity index (χ4n) is 1.96. The molecule has 0 heterocycles. The van der Waals surface area contributed by atoms with Crippen LogP contribution in [0.2, 0.25) is 18.1 Å². The molecule has 0 fully saturated rings. The molecule has 4 heteroatoms. The summed E-state index contributed by atoms with van der Waals surface area (Å²) in [5.74, 6) is 2.55. The van der Waals surface area contributed by atoms with Crippen molar-refractivity contribution in [1.82, 2.24) is 0 Å². The third-order valence-electron chi connectivity index (χ3n) is 4.55. The lowest BCUT2D eigenvalue weighted by molar-refractivity contribution is 0.305. The highest BCUT2D eigenvalue weighted by molar-refractivity contribution is 6.74. The van der Waals surface area contributed by atoms with Gasteiger partial charge < -0.3 is 13.9 Å². The van der Waals surface area contributed by atoms with Gasteiger partial charge in [0, 0.05) is 6.07 Å². The summed E-state index contributed by atoms with van der Waals surface area (Å²) >= 11 is 0. The van der Waals surface area contributed by atoms with Crippen molar-refractivity contribution in [3.63, 3.8) is 0 Å². The Kier molecular flexibility index (Phi) is 5.60. The largest absolute Gasteiger partial charge is 0.543 e. The van der Waals surface area contributed by atoms with Crippen LogP contribution in [0.15, 0.2) is 48.5 Å². The summed E-state index contributed by atoms with van der Waals surface area (Å²) in [7, 11) is -0.169. The molecule has 0 saturated carbocycles. The van der Waals surface area contributed by atoms with E-state index in [0.29, 0.717) is 6.61 Å². The summed E-state index contributed by atoms with van der Waals surface area (Å²) in [6, 6.07) is 15.8. The van der Waals surface area contributed by atoms with Gasteiger partial charge in [-0.15, -0.1) is 0 Å².